The lowest BCUT2D eigenvalue weighted by atomic mass is 9.84. The lowest BCUT2D eigenvalue weighted by Gasteiger charge is -2.36. The number of rotatable bonds is 3. The van der Waals surface area contributed by atoms with Gasteiger partial charge in [0, 0.05) is 46.0 Å². The SMILES string of the molecule is Cc1ncc(-c2cc(C3(C)CC(c4c(C)noc4C)SC(NC(=O)OC(C)(C)C)=N3)c(F)cc2F)cn1. The zero-order valence-electron chi connectivity index (χ0n) is 21.8. The maximum atomic E-state index is 15.4. The number of benzene rings is 1. The van der Waals surface area contributed by atoms with Crippen molar-refractivity contribution in [3.05, 3.63) is 64.6 Å². The van der Waals surface area contributed by atoms with Gasteiger partial charge in [0.05, 0.1) is 11.2 Å². The molecular formula is C26H29F2N5O3S. The molecule has 1 aromatic carbocycles. The summed E-state index contributed by atoms with van der Waals surface area (Å²) in [6.45, 7) is 12.4. The second kappa shape index (κ2) is 9.85. The Kier molecular flexibility index (Phi) is 7.11. The van der Waals surface area contributed by atoms with E-state index < -0.39 is 28.9 Å². The summed E-state index contributed by atoms with van der Waals surface area (Å²) in [6, 6.07) is 2.28. The Morgan fingerprint density at radius 3 is 2.43 bits per heavy atom. The molecule has 0 radical (unpaired) electrons. The van der Waals surface area contributed by atoms with E-state index in [4.69, 9.17) is 14.3 Å². The van der Waals surface area contributed by atoms with E-state index in [9.17, 15) is 9.18 Å². The second-order valence-corrected chi connectivity index (χ2v) is 11.4. The summed E-state index contributed by atoms with van der Waals surface area (Å²) in [7, 11) is 0. The van der Waals surface area contributed by atoms with Crippen molar-refractivity contribution in [2.45, 2.75) is 71.3 Å². The highest BCUT2D eigenvalue weighted by Gasteiger charge is 2.41. The molecule has 0 fully saturated rings. The van der Waals surface area contributed by atoms with Gasteiger partial charge in [0.1, 0.15) is 28.8 Å². The molecule has 0 bridgehead atoms. The van der Waals surface area contributed by atoms with Gasteiger partial charge in [-0.3, -0.25) is 10.3 Å². The van der Waals surface area contributed by atoms with Crippen molar-refractivity contribution in [1.82, 2.24) is 20.4 Å². The largest absolute Gasteiger partial charge is 0.444 e. The number of hydrogen-bond donors (Lipinski definition) is 1. The van der Waals surface area contributed by atoms with Gasteiger partial charge in [0.25, 0.3) is 0 Å². The molecule has 0 spiro atoms. The van der Waals surface area contributed by atoms with Crippen LogP contribution in [-0.2, 0) is 10.3 Å². The number of aliphatic imine (C=N–C) groups is 1. The number of alkyl carbamates (subject to hydrolysis) is 1. The van der Waals surface area contributed by atoms with E-state index in [-0.39, 0.29) is 21.5 Å². The van der Waals surface area contributed by atoms with Crippen molar-refractivity contribution in [3.8, 4) is 11.1 Å². The average molecular weight is 530 g/mol. The minimum absolute atomic E-state index is 0.154. The fourth-order valence-electron chi connectivity index (χ4n) is 4.28. The molecule has 196 valence electrons. The number of nitrogens with one attached hydrogen (secondary N) is 1. The van der Waals surface area contributed by atoms with Crippen molar-refractivity contribution < 1.29 is 22.8 Å². The molecule has 1 amide bonds. The Labute approximate surface area is 218 Å². The van der Waals surface area contributed by atoms with Crippen LogP contribution in [-0.4, -0.2) is 32.0 Å². The van der Waals surface area contributed by atoms with Gasteiger partial charge < -0.3 is 9.26 Å². The molecule has 2 unspecified atom stereocenters. The first-order valence-electron chi connectivity index (χ1n) is 11.7. The maximum absolute atomic E-state index is 15.4. The van der Waals surface area contributed by atoms with Gasteiger partial charge in [-0.2, -0.15) is 0 Å². The molecule has 2 aromatic heterocycles. The Morgan fingerprint density at radius 2 is 1.84 bits per heavy atom. The number of ether oxygens (including phenoxy) is 1. The summed E-state index contributed by atoms with van der Waals surface area (Å²) in [4.78, 5) is 25.6. The molecule has 4 rings (SSSR count). The zero-order valence-corrected chi connectivity index (χ0v) is 22.6. The quantitative estimate of drug-likeness (QED) is 0.424. The third-order valence-corrected chi connectivity index (χ3v) is 7.04. The van der Waals surface area contributed by atoms with Crippen LogP contribution in [0.3, 0.4) is 0 Å². The van der Waals surface area contributed by atoms with Crippen molar-refractivity contribution in [1.29, 1.82) is 0 Å². The first-order chi connectivity index (χ1) is 17.3. The number of aromatic nitrogens is 3. The van der Waals surface area contributed by atoms with Gasteiger partial charge in [0.2, 0.25) is 0 Å². The molecule has 11 heteroatoms. The Hall–Kier alpha value is -3.34. The minimum atomic E-state index is -1.17. The first kappa shape index (κ1) is 26.7. The maximum Gasteiger partial charge on any atom is 0.413 e. The normalized spacial score (nSPS) is 19.9. The molecule has 3 aromatic rings. The van der Waals surface area contributed by atoms with Crippen LogP contribution < -0.4 is 5.32 Å². The summed E-state index contributed by atoms with van der Waals surface area (Å²) in [5, 5.41) is 6.72. The number of hydrogen-bond acceptors (Lipinski definition) is 8. The van der Waals surface area contributed by atoms with Crippen molar-refractivity contribution >= 4 is 23.0 Å². The van der Waals surface area contributed by atoms with Gasteiger partial charge in [-0.25, -0.2) is 23.5 Å². The van der Waals surface area contributed by atoms with E-state index in [1.54, 1.807) is 41.5 Å². The van der Waals surface area contributed by atoms with Crippen LogP contribution in [0.5, 0.6) is 0 Å². The Morgan fingerprint density at radius 1 is 1.16 bits per heavy atom. The van der Waals surface area contributed by atoms with E-state index in [1.807, 2.05) is 6.92 Å². The predicted octanol–water partition coefficient (Wildman–Crippen LogP) is 6.31. The fourth-order valence-corrected chi connectivity index (χ4v) is 5.81. The second-order valence-electron chi connectivity index (χ2n) is 10.2. The third kappa shape index (κ3) is 5.82. The van der Waals surface area contributed by atoms with E-state index in [2.05, 4.69) is 20.4 Å². The van der Waals surface area contributed by atoms with Crippen LogP contribution >= 0.6 is 11.8 Å². The van der Waals surface area contributed by atoms with Crippen LogP contribution in [0.4, 0.5) is 13.6 Å². The highest BCUT2D eigenvalue weighted by Crippen LogP contribution is 2.49. The summed E-state index contributed by atoms with van der Waals surface area (Å²) in [6.07, 6.45) is 2.64. The van der Waals surface area contributed by atoms with Crippen LogP contribution in [0, 0.1) is 32.4 Å². The molecule has 1 aliphatic rings. The van der Waals surface area contributed by atoms with Crippen LogP contribution in [0.15, 0.2) is 34.0 Å². The highest BCUT2D eigenvalue weighted by molar-refractivity contribution is 8.14. The van der Waals surface area contributed by atoms with Gasteiger partial charge in [-0.05, 0) is 61.0 Å². The predicted molar refractivity (Wildman–Crippen MR) is 137 cm³/mol. The average Bonchev–Trinajstić information content (AvgIpc) is 3.10. The van der Waals surface area contributed by atoms with Crippen molar-refractivity contribution in [3.63, 3.8) is 0 Å². The molecule has 8 nitrogen and oxygen atoms in total. The topological polar surface area (TPSA) is 103 Å². The molecular weight excluding hydrogens is 500 g/mol. The molecule has 1 aliphatic heterocycles. The van der Waals surface area contributed by atoms with E-state index in [0.29, 0.717) is 29.3 Å². The molecule has 2 atom stereocenters. The smallest absolute Gasteiger partial charge is 0.413 e. The summed E-state index contributed by atoms with van der Waals surface area (Å²) < 4.78 is 41.1. The summed E-state index contributed by atoms with van der Waals surface area (Å²) >= 11 is 1.30. The van der Waals surface area contributed by atoms with Crippen LogP contribution in [0.25, 0.3) is 11.1 Å². The molecule has 37 heavy (non-hydrogen) atoms. The van der Waals surface area contributed by atoms with Gasteiger partial charge in [0.15, 0.2) is 5.17 Å². The Balaban J connectivity index is 1.81. The zero-order chi connectivity index (χ0) is 27.1. The summed E-state index contributed by atoms with van der Waals surface area (Å²) in [5.74, 6) is -0.331. The van der Waals surface area contributed by atoms with Gasteiger partial charge in [-0.1, -0.05) is 16.9 Å². The number of halogens is 2. The lowest BCUT2D eigenvalue weighted by Crippen LogP contribution is -2.39. The van der Waals surface area contributed by atoms with E-state index in [1.165, 1.54) is 30.2 Å². The molecule has 0 saturated carbocycles. The monoisotopic (exact) mass is 529 g/mol. The fraction of sp³-hybridized carbons (Fsp3) is 0.423. The molecule has 3 heterocycles. The number of carbonyl (C=O) groups is 1. The number of nitrogens with zero attached hydrogens (tertiary/aromatic N) is 4. The standard InChI is InChI=1S/C26H29F2N5O3S/c1-13-22(14(2)36-33-13)21-10-26(7,32-23(37-21)31-24(34)35-25(4,5)6)18-8-17(19(27)9-20(18)28)16-11-29-15(3)30-12-16/h8-9,11-12,21H,10H2,1-7H3,(H,31,32,34). The van der Waals surface area contributed by atoms with E-state index in [0.717, 1.165) is 11.6 Å². The van der Waals surface area contributed by atoms with Crippen LogP contribution in [0.2, 0.25) is 0 Å². The molecule has 0 saturated heterocycles. The van der Waals surface area contributed by atoms with Crippen molar-refractivity contribution in [2.75, 3.05) is 0 Å². The van der Waals surface area contributed by atoms with Crippen LogP contribution in [0.1, 0.15) is 67.8 Å². The Bertz CT molecular complexity index is 1350. The number of aryl methyl sites for hydroxylation is 3. The number of thioether (sulfide) groups is 1. The van der Waals surface area contributed by atoms with Crippen molar-refractivity contribution in [2.24, 2.45) is 4.99 Å². The molecule has 0 aliphatic carbocycles. The number of amidine groups is 1. The highest BCUT2D eigenvalue weighted by atomic mass is 32.2. The first-order valence-corrected chi connectivity index (χ1v) is 12.6. The molecule has 1 N–H and O–H groups in total. The minimum Gasteiger partial charge on any atom is -0.444 e. The summed E-state index contributed by atoms with van der Waals surface area (Å²) in [5.41, 5.74) is 0.372. The third-order valence-electron chi connectivity index (χ3n) is 5.93. The van der Waals surface area contributed by atoms with Gasteiger partial charge >= 0.3 is 6.09 Å². The van der Waals surface area contributed by atoms with Gasteiger partial charge in [-0.15, -0.1) is 0 Å². The number of amides is 1. The lowest BCUT2D eigenvalue weighted by molar-refractivity contribution is 0.0564. The van der Waals surface area contributed by atoms with E-state index >= 15 is 4.39 Å². The number of carbonyl (C=O) groups excluding carboxylic acids is 1.